The van der Waals surface area contributed by atoms with Gasteiger partial charge in [0.2, 0.25) is 0 Å². The first-order valence-corrected chi connectivity index (χ1v) is 8.80. The summed E-state index contributed by atoms with van der Waals surface area (Å²) in [4.78, 5) is 19.3. The quantitative estimate of drug-likeness (QED) is 0.887. The first-order chi connectivity index (χ1) is 12.1. The minimum absolute atomic E-state index is 0.214. The molecule has 2 aromatic rings. The Labute approximate surface area is 153 Å². The van der Waals surface area contributed by atoms with Gasteiger partial charge in [0.1, 0.15) is 11.6 Å². The van der Waals surface area contributed by atoms with Gasteiger partial charge in [0.15, 0.2) is 0 Å². The molecule has 1 aliphatic rings. The molecule has 0 saturated carbocycles. The van der Waals surface area contributed by atoms with E-state index < -0.39 is 0 Å². The van der Waals surface area contributed by atoms with Gasteiger partial charge in [0.25, 0.3) is 5.91 Å². The Hall–Kier alpha value is -2.27. The van der Waals surface area contributed by atoms with Crippen LogP contribution in [-0.4, -0.2) is 31.1 Å². The molecule has 25 heavy (non-hydrogen) atoms. The minimum atomic E-state index is -0.214. The molecule has 1 aromatic carbocycles. The molecule has 1 aromatic heterocycles. The predicted molar refractivity (Wildman–Crippen MR) is 101 cm³/mol. The predicted octanol–water partition coefficient (Wildman–Crippen LogP) is 4.23. The molecule has 0 bridgehead atoms. The number of nitrogens with zero attached hydrogens (tertiary/aromatic N) is 2. The van der Waals surface area contributed by atoms with Crippen molar-refractivity contribution in [1.29, 1.82) is 0 Å². The van der Waals surface area contributed by atoms with Crippen LogP contribution in [0, 0.1) is 5.92 Å². The van der Waals surface area contributed by atoms with Gasteiger partial charge in [-0.25, -0.2) is 4.98 Å². The number of ether oxygens (including phenoxy) is 1. The molecule has 3 rings (SSSR count). The third-order valence-electron chi connectivity index (χ3n) is 4.40. The lowest BCUT2D eigenvalue weighted by atomic mass is 10.0. The third kappa shape index (κ3) is 4.23. The number of carbonyl (C=O) groups excluding carboxylic acids is 1. The molecular weight excluding hydrogens is 338 g/mol. The van der Waals surface area contributed by atoms with Crippen LogP contribution in [0.1, 0.15) is 30.1 Å². The molecule has 0 radical (unpaired) electrons. The van der Waals surface area contributed by atoms with Gasteiger partial charge < -0.3 is 15.0 Å². The zero-order valence-electron chi connectivity index (χ0n) is 14.5. The highest BCUT2D eigenvalue weighted by Crippen LogP contribution is 2.28. The summed E-state index contributed by atoms with van der Waals surface area (Å²) >= 11 is 6.02. The van der Waals surface area contributed by atoms with Crippen LogP contribution in [0.5, 0.6) is 5.75 Å². The molecule has 1 unspecified atom stereocenters. The van der Waals surface area contributed by atoms with Crippen LogP contribution in [0.4, 0.5) is 11.5 Å². The van der Waals surface area contributed by atoms with Crippen LogP contribution < -0.4 is 15.0 Å². The van der Waals surface area contributed by atoms with E-state index in [2.05, 4.69) is 22.1 Å². The van der Waals surface area contributed by atoms with Crippen molar-refractivity contribution < 1.29 is 9.53 Å². The summed E-state index contributed by atoms with van der Waals surface area (Å²) < 4.78 is 5.27. The van der Waals surface area contributed by atoms with Gasteiger partial charge in [0.05, 0.1) is 12.8 Å². The summed E-state index contributed by atoms with van der Waals surface area (Å²) in [6.45, 7) is 4.19. The zero-order chi connectivity index (χ0) is 17.8. The van der Waals surface area contributed by atoms with E-state index in [9.17, 15) is 4.79 Å². The van der Waals surface area contributed by atoms with Gasteiger partial charge in [-0.3, -0.25) is 4.79 Å². The van der Waals surface area contributed by atoms with Crippen LogP contribution >= 0.6 is 11.6 Å². The van der Waals surface area contributed by atoms with E-state index >= 15 is 0 Å². The molecule has 132 valence electrons. The molecule has 1 atom stereocenters. The highest BCUT2D eigenvalue weighted by atomic mass is 35.5. The number of piperidine rings is 1. The molecular formula is C19H22ClN3O2. The second kappa shape index (κ2) is 7.74. The van der Waals surface area contributed by atoms with Crippen molar-refractivity contribution in [1.82, 2.24) is 4.98 Å². The van der Waals surface area contributed by atoms with E-state index in [1.807, 2.05) is 6.07 Å². The maximum Gasteiger partial charge on any atom is 0.255 e. The Morgan fingerprint density at radius 1 is 1.36 bits per heavy atom. The van der Waals surface area contributed by atoms with Gasteiger partial charge in [-0.05, 0) is 49.1 Å². The number of rotatable bonds is 4. The first-order valence-electron chi connectivity index (χ1n) is 8.42. The summed E-state index contributed by atoms with van der Waals surface area (Å²) in [6, 6.07) is 8.67. The zero-order valence-corrected chi connectivity index (χ0v) is 15.2. The van der Waals surface area contributed by atoms with E-state index in [4.69, 9.17) is 16.3 Å². The third-order valence-corrected chi connectivity index (χ3v) is 4.63. The number of benzene rings is 1. The van der Waals surface area contributed by atoms with E-state index in [-0.39, 0.29) is 5.91 Å². The van der Waals surface area contributed by atoms with Crippen LogP contribution in [0.25, 0.3) is 0 Å². The van der Waals surface area contributed by atoms with Gasteiger partial charge in [-0.1, -0.05) is 18.5 Å². The molecule has 1 fully saturated rings. The Morgan fingerprint density at radius 2 is 2.20 bits per heavy atom. The Balaban J connectivity index is 1.79. The number of halogens is 1. The van der Waals surface area contributed by atoms with Crippen LogP contribution in [-0.2, 0) is 0 Å². The van der Waals surface area contributed by atoms with Gasteiger partial charge >= 0.3 is 0 Å². The van der Waals surface area contributed by atoms with Crippen molar-refractivity contribution in [2.45, 2.75) is 19.8 Å². The summed E-state index contributed by atoms with van der Waals surface area (Å²) in [7, 11) is 1.56. The molecule has 1 N–H and O–H groups in total. The number of pyridine rings is 1. The topological polar surface area (TPSA) is 54.5 Å². The van der Waals surface area contributed by atoms with Crippen LogP contribution in [0.15, 0.2) is 36.5 Å². The summed E-state index contributed by atoms with van der Waals surface area (Å²) in [5.74, 6) is 1.84. The van der Waals surface area contributed by atoms with Gasteiger partial charge in [-0.2, -0.15) is 0 Å². The number of amides is 1. The molecule has 5 nitrogen and oxygen atoms in total. The molecule has 0 aliphatic carbocycles. The fourth-order valence-corrected chi connectivity index (χ4v) is 3.27. The average Bonchev–Trinajstić information content (AvgIpc) is 2.62. The second-order valence-electron chi connectivity index (χ2n) is 6.39. The molecule has 6 heteroatoms. The van der Waals surface area contributed by atoms with Crippen molar-refractivity contribution in [2.75, 3.05) is 30.4 Å². The Bertz CT molecular complexity index is 766. The monoisotopic (exact) mass is 359 g/mol. The van der Waals surface area contributed by atoms with E-state index in [0.29, 0.717) is 27.9 Å². The second-order valence-corrected chi connectivity index (χ2v) is 6.83. The Morgan fingerprint density at radius 3 is 2.96 bits per heavy atom. The fourth-order valence-electron chi connectivity index (χ4n) is 3.10. The summed E-state index contributed by atoms with van der Waals surface area (Å²) in [5, 5.41) is 3.40. The molecule has 1 amide bonds. The number of aromatic nitrogens is 1. The van der Waals surface area contributed by atoms with Gasteiger partial charge in [-0.15, -0.1) is 0 Å². The van der Waals surface area contributed by atoms with Crippen molar-refractivity contribution in [2.24, 2.45) is 5.92 Å². The lowest BCUT2D eigenvalue weighted by Gasteiger charge is -2.31. The maximum atomic E-state index is 12.6. The molecule has 1 saturated heterocycles. The number of carbonyl (C=O) groups is 1. The molecule has 2 heterocycles. The standard InChI is InChI=1S/C19H22ClN3O2/c1-13-4-3-9-23(12-13)18-10-14(7-8-21-18)19(24)22-16-11-15(20)5-6-17(16)25-2/h5-8,10-11,13H,3-4,9,12H2,1-2H3,(H,22,24). The van der Waals surface area contributed by atoms with E-state index in [1.54, 1.807) is 37.6 Å². The average molecular weight is 360 g/mol. The lowest BCUT2D eigenvalue weighted by molar-refractivity contribution is 0.102. The smallest absolute Gasteiger partial charge is 0.255 e. The number of methoxy groups -OCH3 is 1. The van der Waals surface area contributed by atoms with E-state index in [0.717, 1.165) is 25.3 Å². The number of anilines is 2. The fraction of sp³-hybridized carbons (Fsp3) is 0.368. The molecule has 0 spiro atoms. The SMILES string of the molecule is COc1ccc(Cl)cc1NC(=O)c1ccnc(N2CCCC(C)C2)c1. The highest BCUT2D eigenvalue weighted by molar-refractivity contribution is 6.31. The first kappa shape index (κ1) is 17.5. The number of nitrogens with one attached hydrogen (secondary N) is 1. The minimum Gasteiger partial charge on any atom is -0.495 e. The van der Waals surface area contributed by atoms with E-state index in [1.165, 1.54) is 6.42 Å². The Kier molecular flexibility index (Phi) is 5.43. The summed E-state index contributed by atoms with van der Waals surface area (Å²) in [5.41, 5.74) is 1.11. The van der Waals surface area contributed by atoms with Crippen molar-refractivity contribution in [3.05, 3.63) is 47.1 Å². The number of hydrogen-bond donors (Lipinski definition) is 1. The van der Waals surface area contributed by atoms with Crippen molar-refractivity contribution in [3.63, 3.8) is 0 Å². The highest BCUT2D eigenvalue weighted by Gasteiger charge is 2.19. The van der Waals surface area contributed by atoms with Crippen LogP contribution in [0.3, 0.4) is 0 Å². The molecule has 1 aliphatic heterocycles. The largest absolute Gasteiger partial charge is 0.495 e. The summed E-state index contributed by atoms with van der Waals surface area (Å²) in [6.07, 6.45) is 4.07. The van der Waals surface area contributed by atoms with Crippen molar-refractivity contribution >= 4 is 29.0 Å². The van der Waals surface area contributed by atoms with Crippen molar-refractivity contribution in [3.8, 4) is 5.75 Å². The number of hydrogen-bond acceptors (Lipinski definition) is 4. The maximum absolute atomic E-state index is 12.6. The normalized spacial score (nSPS) is 17.2. The van der Waals surface area contributed by atoms with Crippen LogP contribution in [0.2, 0.25) is 5.02 Å². The van der Waals surface area contributed by atoms with Gasteiger partial charge in [0, 0.05) is 29.9 Å². The lowest BCUT2D eigenvalue weighted by Crippen LogP contribution is -2.34.